The summed E-state index contributed by atoms with van der Waals surface area (Å²) < 4.78 is 0. The van der Waals surface area contributed by atoms with Crippen LogP contribution in [-0.4, -0.2) is 43.4 Å². The number of likely N-dealkylation sites (tertiary alicyclic amines) is 1. The molecule has 4 heteroatoms. The van der Waals surface area contributed by atoms with Gasteiger partial charge in [0, 0.05) is 23.0 Å². The summed E-state index contributed by atoms with van der Waals surface area (Å²) >= 11 is 5.89. The number of carbonyl (C=O) groups excluding carboxylic acids is 1. The van der Waals surface area contributed by atoms with Gasteiger partial charge >= 0.3 is 0 Å². The largest absolute Gasteiger partial charge is 0.317 e. The van der Waals surface area contributed by atoms with Crippen molar-refractivity contribution >= 4 is 17.4 Å². The lowest BCUT2D eigenvalue weighted by atomic mass is 9.88. The fourth-order valence-corrected chi connectivity index (χ4v) is 3.78. The molecule has 1 N–H and O–H groups in total. The lowest BCUT2D eigenvalue weighted by molar-refractivity contribution is 0.0819. The summed E-state index contributed by atoms with van der Waals surface area (Å²) in [6, 6.07) is 7.32. The van der Waals surface area contributed by atoms with Gasteiger partial charge in [-0.25, -0.2) is 0 Å². The summed E-state index contributed by atoms with van der Waals surface area (Å²) in [4.78, 5) is 15.1. The van der Waals surface area contributed by atoms with Crippen LogP contribution >= 0.6 is 11.6 Å². The zero-order valence-electron chi connectivity index (χ0n) is 13.1. The summed E-state index contributed by atoms with van der Waals surface area (Å²) in [5.41, 5.74) is 0.807. The van der Waals surface area contributed by atoms with Crippen molar-refractivity contribution in [1.29, 1.82) is 0 Å². The van der Waals surface area contributed by atoms with Gasteiger partial charge in [-0.3, -0.25) is 4.79 Å². The Kier molecular flexibility index (Phi) is 5.51. The Hall–Kier alpha value is -0.900. The SMILES string of the molecule is O=C(c1ccc(Cl)cc1)C1CCN(CC2CCNCC2)CC1. The van der Waals surface area contributed by atoms with Gasteiger partial charge in [-0.05, 0) is 82.0 Å². The molecule has 2 saturated heterocycles. The van der Waals surface area contributed by atoms with E-state index in [0.29, 0.717) is 5.02 Å². The quantitative estimate of drug-likeness (QED) is 0.864. The van der Waals surface area contributed by atoms with Crippen molar-refractivity contribution in [2.45, 2.75) is 25.7 Å². The highest BCUT2D eigenvalue weighted by molar-refractivity contribution is 6.30. The van der Waals surface area contributed by atoms with Gasteiger partial charge in [0.15, 0.2) is 5.78 Å². The number of nitrogens with zero attached hydrogens (tertiary/aromatic N) is 1. The first-order chi connectivity index (χ1) is 10.7. The van der Waals surface area contributed by atoms with E-state index in [2.05, 4.69) is 10.2 Å². The Bertz CT molecular complexity index is 488. The Labute approximate surface area is 138 Å². The van der Waals surface area contributed by atoms with E-state index in [0.717, 1.165) is 50.5 Å². The zero-order valence-corrected chi connectivity index (χ0v) is 13.8. The molecule has 2 fully saturated rings. The molecule has 0 saturated carbocycles. The highest BCUT2D eigenvalue weighted by Gasteiger charge is 2.27. The number of Topliss-reactive ketones (excluding diaryl/α,β-unsaturated/α-hetero) is 1. The number of carbonyl (C=O) groups is 1. The molecule has 0 spiro atoms. The van der Waals surface area contributed by atoms with Crippen molar-refractivity contribution < 1.29 is 4.79 Å². The highest BCUT2D eigenvalue weighted by atomic mass is 35.5. The van der Waals surface area contributed by atoms with E-state index in [1.165, 1.54) is 19.4 Å². The Morgan fingerprint density at radius 1 is 1.09 bits per heavy atom. The minimum absolute atomic E-state index is 0.186. The van der Waals surface area contributed by atoms with E-state index in [1.54, 1.807) is 12.1 Å². The molecular formula is C18H25ClN2O. The van der Waals surface area contributed by atoms with Gasteiger partial charge in [-0.15, -0.1) is 0 Å². The Morgan fingerprint density at radius 3 is 2.36 bits per heavy atom. The van der Waals surface area contributed by atoms with Crippen molar-refractivity contribution in [2.75, 3.05) is 32.7 Å². The average molecular weight is 321 g/mol. The smallest absolute Gasteiger partial charge is 0.166 e. The minimum atomic E-state index is 0.186. The third-order valence-corrected chi connectivity index (χ3v) is 5.31. The number of ketones is 1. The molecule has 22 heavy (non-hydrogen) atoms. The molecule has 0 amide bonds. The van der Waals surface area contributed by atoms with Gasteiger partial charge in [-0.1, -0.05) is 11.6 Å². The fourth-order valence-electron chi connectivity index (χ4n) is 3.66. The van der Waals surface area contributed by atoms with Gasteiger partial charge in [0.1, 0.15) is 0 Å². The molecule has 3 nitrogen and oxygen atoms in total. The number of hydrogen-bond acceptors (Lipinski definition) is 3. The van der Waals surface area contributed by atoms with Crippen LogP contribution in [0.1, 0.15) is 36.0 Å². The van der Waals surface area contributed by atoms with E-state index >= 15 is 0 Å². The number of nitrogens with one attached hydrogen (secondary N) is 1. The third kappa shape index (κ3) is 4.09. The Balaban J connectivity index is 1.48. The van der Waals surface area contributed by atoms with E-state index in [1.807, 2.05) is 12.1 Å². The first-order valence-corrected chi connectivity index (χ1v) is 8.83. The molecule has 0 bridgehead atoms. The third-order valence-electron chi connectivity index (χ3n) is 5.06. The summed E-state index contributed by atoms with van der Waals surface area (Å²) in [5.74, 6) is 1.31. The van der Waals surface area contributed by atoms with Crippen LogP contribution in [0.5, 0.6) is 0 Å². The standard InChI is InChI=1S/C18H25ClN2O/c19-17-3-1-15(2-4-17)18(22)16-7-11-21(12-8-16)13-14-5-9-20-10-6-14/h1-4,14,16,20H,5-13H2. The molecule has 0 aromatic heterocycles. The van der Waals surface area contributed by atoms with Gasteiger partial charge in [0.05, 0.1) is 0 Å². The van der Waals surface area contributed by atoms with Crippen molar-refractivity contribution in [3.63, 3.8) is 0 Å². The molecule has 0 unspecified atom stereocenters. The topological polar surface area (TPSA) is 32.3 Å². The number of rotatable bonds is 4. The van der Waals surface area contributed by atoms with Gasteiger partial charge in [0.25, 0.3) is 0 Å². The van der Waals surface area contributed by atoms with E-state index < -0.39 is 0 Å². The molecule has 2 heterocycles. The monoisotopic (exact) mass is 320 g/mol. The summed E-state index contributed by atoms with van der Waals surface area (Å²) in [5, 5.41) is 4.11. The highest BCUT2D eigenvalue weighted by Crippen LogP contribution is 2.24. The zero-order chi connectivity index (χ0) is 15.4. The maximum absolute atomic E-state index is 12.5. The van der Waals surface area contributed by atoms with Crippen LogP contribution in [0.15, 0.2) is 24.3 Å². The fraction of sp³-hybridized carbons (Fsp3) is 0.611. The Morgan fingerprint density at radius 2 is 1.73 bits per heavy atom. The molecular weight excluding hydrogens is 296 g/mol. The first kappa shape index (κ1) is 16.0. The molecule has 3 rings (SSSR count). The van der Waals surface area contributed by atoms with E-state index in [9.17, 15) is 4.79 Å². The second-order valence-corrected chi connectivity index (χ2v) is 7.08. The average Bonchev–Trinajstić information content (AvgIpc) is 2.57. The van der Waals surface area contributed by atoms with Crippen molar-refractivity contribution in [3.05, 3.63) is 34.9 Å². The van der Waals surface area contributed by atoms with Crippen LogP contribution in [0.3, 0.4) is 0 Å². The van der Waals surface area contributed by atoms with Crippen molar-refractivity contribution in [2.24, 2.45) is 11.8 Å². The van der Waals surface area contributed by atoms with Crippen LogP contribution in [0, 0.1) is 11.8 Å². The second kappa shape index (κ2) is 7.58. The minimum Gasteiger partial charge on any atom is -0.317 e. The van der Waals surface area contributed by atoms with Crippen molar-refractivity contribution in [3.8, 4) is 0 Å². The summed E-state index contributed by atoms with van der Waals surface area (Å²) in [7, 11) is 0. The maximum Gasteiger partial charge on any atom is 0.166 e. The van der Waals surface area contributed by atoms with E-state index in [-0.39, 0.29) is 11.7 Å². The number of halogens is 1. The van der Waals surface area contributed by atoms with Crippen LogP contribution in [0.2, 0.25) is 5.02 Å². The van der Waals surface area contributed by atoms with Crippen LogP contribution < -0.4 is 5.32 Å². The molecule has 1 aromatic rings. The van der Waals surface area contributed by atoms with E-state index in [4.69, 9.17) is 11.6 Å². The van der Waals surface area contributed by atoms with Crippen LogP contribution in [-0.2, 0) is 0 Å². The molecule has 120 valence electrons. The normalized spacial score (nSPS) is 21.9. The lowest BCUT2D eigenvalue weighted by Gasteiger charge is -2.35. The lowest BCUT2D eigenvalue weighted by Crippen LogP contribution is -2.41. The summed E-state index contributed by atoms with van der Waals surface area (Å²) in [6.07, 6.45) is 4.58. The van der Waals surface area contributed by atoms with Crippen LogP contribution in [0.4, 0.5) is 0 Å². The van der Waals surface area contributed by atoms with Gasteiger partial charge < -0.3 is 10.2 Å². The van der Waals surface area contributed by atoms with Gasteiger partial charge in [-0.2, -0.15) is 0 Å². The van der Waals surface area contributed by atoms with Crippen molar-refractivity contribution in [1.82, 2.24) is 10.2 Å². The predicted molar refractivity (Wildman–Crippen MR) is 90.5 cm³/mol. The number of piperidine rings is 2. The van der Waals surface area contributed by atoms with Gasteiger partial charge in [0.2, 0.25) is 0 Å². The number of hydrogen-bond donors (Lipinski definition) is 1. The molecule has 1 aromatic carbocycles. The summed E-state index contributed by atoms with van der Waals surface area (Å²) in [6.45, 7) is 5.66. The molecule has 2 aliphatic rings. The van der Waals surface area contributed by atoms with Crippen LogP contribution in [0.25, 0.3) is 0 Å². The molecule has 0 aliphatic carbocycles. The molecule has 2 aliphatic heterocycles. The first-order valence-electron chi connectivity index (χ1n) is 8.45. The molecule has 0 atom stereocenters. The maximum atomic E-state index is 12.5. The predicted octanol–water partition coefficient (Wildman–Crippen LogP) is 3.23. The number of benzene rings is 1. The molecule has 0 radical (unpaired) electrons. The second-order valence-electron chi connectivity index (χ2n) is 6.64.